The smallest absolute Gasteiger partial charge is 0.255 e. The van der Waals surface area contributed by atoms with Crippen molar-refractivity contribution in [3.63, 3.8) is 0 Å². The Kier molecular flexibility index (Phi) is 2.87. The Morgan fingerprint density at radius 2 is 2.18 bits per heavy atom. The summed E-state index contributed by atoms with van der Waals surface area (Å²) in [5, 5.41) is -0.491. The van der Waals surface area contributed by atoms with Gasteiger partial charge >= 0.3 is 0 Å². The normalized spacial score (nSPS) is 9.73. The highest BCUT2D eigenvalue weighted by Gasteiger charge is 2.07. The van der Waals surface area contributed by atoms with Gasteiger partial charge < -0.3 is 0 Å². The number of nitrogens with zero attached hydrogens (tertiary/aromatic N) is 1. The lowest BCUT2D eigenvalue weighted by Crippen LogP contribution is -1.92. The Morgan fingerprint density at radius 1 is 1.55 bits per heavy atom. The van der Waals surface area contributed by atoms with Crippen molar-refractivity contribution in [3.05, 3.63) is 27.5 Å². The van der Waals surface area contributed by atoms with E-state index in [1.54, 1.807) is 6.07 Å². The molecule has 0 fully saturated rings. The summed E-state index contributed by atoms with van der Waals surface area (Å²) >= 11 is 13.9. The zero-order chi connectivity index (χ0) is 8.43. The summed E-state index contributed by atoms with van der Waals surface area (Å²) in [6.45, 7) is 0. The van der Waals surface area contributed by atoms with Crippen molar-refractivity contribution >= 4 is 44.4 Å². The molecule has 0 N–H and O–H groups in total. The third-order valence-corrected chi connectivity index (χ3v) is 1.96. The number of halogens is 3. The fraction of sp³-hybridized carbons (Fsp3) is 0. The summed E-state index contributed by atoms with van der Waals surface area (Å²) in [7, 11) is 0. The maximum Gasteiger partial charge on any atom is 0.255 e. The minimum atomic E-state index is -0.602. The van der Waals surface area contributed by atoms with Crippen LogP contribution in [-0.4, -0.2) is 10.2 Å². The van der Waals surface area contributed by atoms with E-state index in [-0.39, 0.29) is 10.7 Å². The Bertz CT molecular complexity index is 303. The predicted molar refractivity (Wildman–Crippen MR) is 47.1 cm³/mol. The molecule has 0 saturated heterocycles. The summed E-state index contributed by atoms with van der Waals surface area (Å²) in [5.41, 5.74) is 0.219. The van der Waals surface area contributed by atoms with E-state index in [0.717, 1.165) is 0 Å². The maximum atomic E-state index is 10.6. The van der Waals surface area contributed by atoms with Crippen LogP contribution >= 0.6 is 39.1 Å². The van der Waals surface area contributed by atoms with Crippen LogP contribution in [0.25, 0.3) is 0 Å². The highest BCUT2D eigenvalue weighted by atomic mass is 79.9. The molecule has 0 radical (unpaired) electrons. The van der Waals surface area contributed by atoms with Crippen molar-refractivity contribution < 1.29 is 4.79 Å². The van der Waals surface area contributed by atoms with E-state index in [4.69, 9.17) is 23.2 Å². The van der Waals surface area contributed by atoms with E-state index in [0.29, 0.717) is 4.60 Å². The van der Waals surface area contributed by atoms with Gasteiger partial charge in [-0.25, -0.2) is 4.98 Å². The van der Waals surface area contributed by atoms with Crippen molar-refractivity contribution in [1.29, 1.82) is 0 Å². The van der Waals surface area contributed by atoms with Crippen molar-refractivity contribution in [2.75, 3.05) is 0 Å². The molecule has 1 aromatic heterocycles. The molecule has 11 heavy (non-hydrogen) atoms. The average molecular weight is 255 g/mol. The summed E-state index contributed by atoms with van der Waals surface area (Å²) in [5.74, 6) is 0. The molecule has 0 aromatic carbocycles. The number of carbonyl (C=O) groups is 1. The molecule has 58 valence electrons. The summed E-state index contributed by atoms with van der Waals surface area (Å²) in [4.78, 5) is 14.4. The van der Waals surface area contributed by atoms with Gasteiger partial charge in [-0.3, -0.25) is 4.79 Å². The molecule has 0 atom stereocenters. The topological polar surface area (TPSA) is 30.0 Å². The van der Waals surface area contributed by atoms with Gasteiger partial charge in [-0.2, -0.15) is 0 Å². The standard InChI is InChI=1S/C6H2BrCl2NO/c7-4-2-1-3(6(9)11)5(8)10-4/h1-2H. The number of hydrogen-bond donors (Lipinski definition) is 0. The van der Waals surface area contributed by atoms with Gasteiger partial charge in [0, 0.05) is 0 Å². The van der Waals surface area contributed by atoms with Crippen LogP contribution in [-0.2, 0) is 0 Å². The van der Waals surface area contributed by atoms with Gasteiger partial charge in [0.15, 0.2) is 0 Å². The van der Waals surface area contributed by atoms with E-state index in [1.807, 2.05) is 0 Å². The van der Waals surface area contributed by atoms with E-state index in [9.17, 15) is 4.79 Å². The molecule has 0 bridgehead atoms. The molecule has 1 heterocycles. The lowest BCUT2D eigenvalue weighted by molar-refractivity contribution is 0.108. The lowest BCUT2D eigenvalue weighted by Gasteiger charge is -1.96. The number of pyridine rings is 1. The third-order valence-electron chi connectivity index (χ3n) is 1.03. The molecule has 0 aliphatic carbocycles. The first kappa shape index (κ1) is 8.97. The van der Waals surface area contributed by atoms with Crippen molar-refractivity contribution in [2.24, 2.45) is 0 Å². The highest BCUT2D eigenvalue weighted by Crippen LogP contribution is 2.18. The van der Waals surface area contributed by atoms with E-state index in [2.05, 4.69) is 20.9 Å². The van der Waals surface area contributed by atoms with Crippen LogP contribution in [0.4, 0.5) is 0 Å². The first-order valence-electron chi connectivity index (χ1n) is 2.63. The van der Waals surface area contributed by atoms with Crippen LogP contribution in [0.1, 0.15) is 10.4 Å². The second-order valence-electron chi connectivity index (χ2n) is 1.75. The molecule has 0 amide bonds. The van der Waals surface area contributed by atoms with Crippen molar-refractivity contribution in [1.82, 2.24) is 4.98 Å². The Morgan fingerprint density at radius 3 is 2.64 bits per heavy atom. The second-order valence-corrected chi connectivity index (χ2v) is 3.26. The monoisotopic (exact) mass is 253 g/mol. The van der Waals surface area contributed by atoms with Crippen LogP contribution in [0.5, 0.6) is 0 Å². The summed E-state index contributed by atoms with van der Waals surface area (Å²) in [6, 6.07) is 3.11. The fourth-order valence-corrected chi connectivity index (χ4v) is 1.41. The Labute approximate surface area is 81.7 Å². The molecule has 1 rings (SSSR count). The van der Waals surface area contributed by atoms with E-state index >= 15 is 0 Å². The highest BCUT2D eigenvalue weighted by molar-refractivity contribution is 9.10. The largest absolute Gasteiger partial charge is 0.275 e. The number of carbonyl (C=O) groups excluding carboxylic acids is 1. The average Bonchev–Trinajstić information content (AvgIpc) is 1.85. The number of rotatable bonds is 1. The SMILES string of the molecule is O=C(Cl)c1ccc(Br)nc1Cl. The Hall–Kier alpha value is -0.120. The first-order chi connectivity index (χ1) is 5.11. The molecular weight excluding hydrogens is 253 g/mol. The molecule has 1 aromatic rings. The van der Waals surface area contributed by atoms with Crippen LogP contribution in [0.15, 0.2) is 16.7 Å². The van der Waals surface area contributed by atoms with Gasteiger partial charge in [-0.1, -0.05) is 11.6 Å². The molecule has 0 unspecified atom stereocenters. The number of hydrogen-bond acceptors (Lipinski definition) is 2. The minimum absolute atomic E-state index is 0.111. The molecule has 5 heteroatoms. The third kappa shape index (κ3) is 2.15. The fourth-order valence-electron chi connectivity index (χ4n) is 0.559. The van der Waals surface area contributed by atoms with E-state index in [1.165, 1.54) is 6.07 Å². The van der Waals surface area contributed by atoms with Crippen LogP contribution in [0.3, 0.4) is 0 Å². The zero-order valence-corrected chi connectivity index (χ0v) is 8.24. The zero-order valence-electron chi connectivity index (χ0n) is 5.14. The van der Waals surface area contributed by atoms with Gasteiger partial charge in [0.2, 0.25) is 0 Å². The summed E-state index contributed by atoms with van der Waals surface area (Å²) in [6.07, 6.45) is 0. The molecule has 0 aliphatic heterocycles. The quantitative estimate of drug-likeness (QED) is 0.570. The molecule has 0 saturated carbocycles. The Balaban J connectivity index is 3.20. The van der Waals surface area contributed by atoms with Gasteiger partial charge in [0.1, 0.15) is 9.76 Å². The molecular formula is C6H2BrCl2NO. The predicted octanol–water partition coefficient (Wildman–Crippen LogP) is 2.88. The molecule has 2 nitrogen and oxygen atoms in total. The van der Waals surface area contributed by atoms with Gasteiger partial charge in [-0.15, -0.1) is 0 Å². The van der Waals surface area contributed by atoms with Crippen LogP contribution < -0.4 is 0 Å². The maximum absolute atomic E-state index is 10.6. The van der Waals surface area contributed by atoms with E-state index < -0.39 is 5.24 Å². The van der Waals surface area contributed by atoms with Gasteiger partial charge in [0.05, 0.1) is 5.56 Å². The van der Waals surface area contributed by atoms with Gasteiger partial charge in [0.25, 0.3) is 5.24 Å². The van der Waals surface area contributed by atoms with Crippen molar-refractivity contribution in [2.45, 2.75) is 0 Å². The second kappa shape index (κ2) is 3.52. The first-order valence-corrected chi connectivity index (χ1v) is 4.18. The lowest BCUT2D eigenvalue weighted by atomic mass is 10.3. The van der Waals surface area contributed by atoms with Gasteiger partial charge in [-0.05, 0) is 39.7 Å². The molecule has 0 aliphatic rings. The number of aromatic nitrogens is 1. The minimum Gasteiger partial charge on any atom is -0.275 e. The van der Waals surface area contributed by atoms with Crippen LogP contribution in [0, 0.1) is 0 Å². The van der Waals surface area contributed by atoms with Crippen molar-refractivity contribution in [3.8, 4) is 0 Å². The summed E-state index contributed by atoms with van der Waals surface area (Å²) < 4.78 is 0.573. The van der Waals surface area contributed by atoms with Crippen LogP contribution in [0.2, 0.25) is 5.15 Å². The molecule has 0 spiro atoms.